The minimum absolute atomic E-state index is 0.0216. The van der Waals surface area contributed by atoms with Crippen molar-refractivity contribution < 1.29 is 15.0 Å². The number of nitrogens with two attached hydrogens (primary N) is 1. The lowest BCUT2D eigenvalue weighted by Crippen LogP contribution is -2.14. The second kappa shape index (κ2) is 5.42. The monoisotopic (exact) mass is 336 g/mol. The van der Waals surface area contributed by atoms with Crippen LogP contribution in [0.25, 0.3) is 0 Å². The number of carbonyl (C=O) groups is 1. The first-order chi connectivity index (χ1) is 9.38. The van der Waals surface area contributed by atoms with Gasteiger partial charge in [0.15, 0.2) is 0 Å². The lowest BCUT2D eigenvalue weighted by Gasteiger charge is -2.12. The number of aryl methyl sites for hydroxylation is 1. The molecule has 20 heavy (non-hydrogen) atoms. The zero-order valence-corrected chi connectivity index (χ0v) is 12.2. The molecule has 5 N–H and O–H groups in total. The van der Waals surface area contributed by atoms with Crippen LogP contribution in [-0.2, 0) is 0 Å². The lowest BCUT2D eigenvalue weighted by atomic mass is 10.1. The number of rotatable bonds is 2. The van der Waals surface area contributed by atoms with E-state index in [-0.39, 0.29) is 17.1 Å². The van der Waals surface area contributed by atoms with Crippen molar-refractivity contribution in [2.24, 2.45) is 0 Å². The third-order valence-electron chi connectivity index (χ3n) is 2.79. The molecule has 0 aliphatic rings. The Labute approximate surface area is 124 Å². The fourth-order valence-electron chi connectivity index (χ4n) is 1.83. The van der Waals surface area contributed by atoms with Crippen LogP contribution in [0.15, 0.2) is 34.8 Å². The molecule has 0 heterocycles. The smallest absolute Gasteiger partial charge is 0.259 e. The molecule has 0 spiro atoms. The number of hydrogen-bond acceptors (Lipinski definition) is 4. The van der Waals surface area contributed by atoms with Crippen LogP contribution >= 0.6 is 15.9 Å². The van der Waals surface area contributed by atoms with Crippen LogP contribution in [0, 0.1) is 6.92 Å². The Morgan fingerprint density at radius 1 is 1.25 bits per heavy atom. The predicted molar refractivity (Wildman–Crippen MR) is 81.0 cm³/mol. The molecule has 0 saturated heterocycles. The van der Waals surface area contributed by atoms with Crippen molar-refractivity contribution in [3.63, 3.8) is 0 Å². The van der Waals surface area contributed by atoms with Crippen molar-refractivity contribution in [2.45, 2.75) is 6.92 Å². The highest BCUT2D eigenvalue weighted by molar-refractivity contribution is 9.10. The van der Waals surface area contributed by atoms with E-state index in [1.807, 2.05) is 6.07 Å². The number of nitrogens with one attached hydrogen (secondary N) is 1. The minimum atomic E-state index is -0.546. The number of hydrogen-bond donors (Lipinski definition) is 4. The molecule has 2 aromatic rings. The summed E-state index contributed by atoms with van der Waals surface area (Å²) in [5.74, 6) is -0.863. The van der Waals surface area contributed by atoms with E-state index in [1.165, 1.54) is 18.2 Å². The maximum Gasteiger partial charge on any atom is 0.259 e. The standard InChI is InChI=1S/C14H13BrN2O3/c1-7-4-8(15)5-11(16)13(7)17-14(20)10-6-9(18)2-3-12(10)19/h2-6,18-19H,16H2,1H3,(H,17,20). The van der Waals surface area contributed by atoms with E-state index >= 15 is 0 Å². The van der Waals surface area contributed by atoms with Crippen LogP contribution < -0.4 is 11.1 Å². The van der Waals surface area contributed by atoms with E-state index < -0.39 is 5.91 Å². The average molecular weight is 337 g/mol. The summed E-state index contributed by atoms with van der Waals surface area (Å²) in [6.07, 6.45) is 0. The summed E-state index contributed by atoms with van der Waals surface area (Å²) in [5.41, 5.74) is 7.50. The summed E-state index contributed by atoms with van der Waals surface area (Å²) in [6, 6.07) is 7.22. The maximum atomic E-state index is 12.1. The first-order valence-electron chi connectivity index (χ1n) is 5.77. The highest BCUT2D eigenvalue weighted by Gasteiger charge is 2.15. The summed E-state index contributed by atoms with van der Waals surface area (Å²) < 4.78 is 0.811. The molecule has 104 valence electrons. The number of anilines is 2. The molecule has 6 heteroatoms. The first kappa shape index (κ1) is 14.2. The quantitative estimate of drug-likeness (QED) is 0.500. The first-order valence-corrected chi connectivity index (χ1v) is 6.56. The van der Waals surface area contributed by atoms with Crippen molar-refractivity contribution in [3.05, 3.63) is 45.9 Å². The third-order valence-corrected chi connectivity index (χ3v) is 3.25. The van der Waals surface area contributed by atoms with Crippen molar-refractivity contribution >= 4 is 33.2 Å². The van der Waals surface area contributed by atoms with Crippen molar-refractivity contribution in [1.29, 1.82) is 0 Å². The molecule has 0 atom stereocenters. The molecule has 0 radical (unpaired) electrons. The molecule has 5 nitrogen and oxygen atoms in total. The molecule has 0 fully saturated rings. The molecular weight excluding hydrogens is 324 g/mol. The Bertz CT molecular complexity index is 663. The van der Waals surface area contributed by atoms with Crippen LogP contribution in [0.2, 0.25) is 0 Å². The molecule has 0 aliphatic carbocycles. The minimum Gasteiger partial charge on any atom is -0.508 e. The van der Waals surface area contributed by atoms with Gasteiger partial charge in [0, 0.05) is 4.47 Å². The van der Waals surface area contributed by atoms with E-state index in [1.54, 1.807) is 13.0 Å². The topological polar surface area (TPSA) is 95.6 Å². The Hall–Kier alpha value is -2.21. The van der Waals surface area contributed by atoms with Gasteiger partial charge < -0.3 is 21.3 Å². The maximum absolute atomic E-state index is 12.1. The Morgan fingerprint density at radius 3 is 2.60 bits per heavy atom. The van der Waals surface area contributed by atoms with E-state index in [4.69, 9.17) is 5.73 Å². The molecular formula is C14H13BrN2O3. The number of carbonyl (C=O) groups excluding carboxylic acids is 1. The van der Waals surface area contributed by atoms with Gasteiger partial charge in [-0.25, -0.2) is 0 Å². The average Bonchev–Trinajstić information content (AvgIpc) is 2.36. The number of benzene rings is 2. The summed E-state index contributed by atoms with van der Waals surface area (Å²) in [6.45, 7) is 1.80. The number of aromatic hydroxyl groups is 2. The Kier molecular flexibility index (Phi) is 3.85. The molecule has 0 saturated carbocycles. The molecule has 0 aromatic heterocycles. The van der Waals surface area contributed by atoms with Gasteiger partial charge in [-0.2, -0.15) is 0 Å². The summed E-state index contributed by atoms with van der Waals surface area (Å²) in [4.78, 5) is 12.1. The number of phenols is 2. The predicted octanol–water partition coefficient (Wildman–Crippen LogP) is 3.00. The summed E-state index contributed by atoms with van der Waals surface area (Å²) >= 11 is 3.31. The molecule has 2 aromatic carbocycles. The fourth-order valence-corrected chi connectivity index (χ4v) is 2.42. The number of amides is 1. The van der Waals surface area contributed by atoms with Crippen LogP contribution in [0.1, 0.15) is 15.9 Å². The van der Waals surface area contributed by atoms with Gasteiger partial charge in [-0.3, -0.25) is 4.79 Å². The van der Waals surface area contributed by atoms with Crippen LogP contribution in [-0.4, -0.2) is 16.1 Å². The van der Waals surface area contributed by atoms with E-state index in [0.29, 0.717) is 11.4 Å². The highest BCUT2D eigenvalue weighted by atomic mass is 79.9. The van der Waals surface area contributed by atoms with Gasteiger partial charge in [0.2, 0.25) is 0 Å². The second-order valence-electron chi connectivity index (χ2n) is 4.34. The zero-order chi connectivity index (χ0) is 14.9. The molecule has 2 rings (SSSR count). The Balaban J connectivity index is 2.35. The van der Waals surface area contributed by atoms with Crippen molar-refractivity contribution in [2.75, 3.05) is 11.1 Å². The molecule has 0 unspecified atom stereocenters. The summed E-state index contributed by atoms with van der Waals surface area (Å²) in [7, 11) is 0. The number of nitrogen functional groups attached to an aromatic ring is 1. The van der Waals surface area contributed by atoms with Crippen molar-refractivity contribution in [1.82, 2.24) is 0 Å². The van der Waals surface area contributed by atoms with Gasteiger partial charge in [0.25, 0.3) is 5.91 Å². The van der Waals surface area contributed by atoms with Crippen LogP contribution in [0.4, 0.5) is 11.4 Å². The molecule has 1 amide bonds. The van der Waals surface area contributed by atoms with Gasteiger partial charge in [0.1, 0.15) is 11.5 Å². The lowest BCUT2D eigenvalue weighted by molar-refractivity contribution is 0.102. The largest absolute Gasteiger partial charge is 0.508 e. The van der Waals surface area contributed by atoms with Gasteiger partial charge in [-0.05, 0) is 42.8 Å². The van der Waals surface area contributed by atoms with Gasteiger partial charge in [0.05, 0.1) is 16.9 Å². The van der Waals surface area contributed by atoms with Crippen LogP contribution in [0.3, 0.4) is 0 Å². The normalized spacial score (nSPS) is 10.3. The Morgan fingerprint density at radius 2 is 1.95 bits per heavy atom. The second-order valence-corrected chi connectivity index (χ2v) is 5.26. The van der Waals surface area contributed by atoms with Crippen LogP contribution in [0.5, 0.6) is 11.5 Å². The van der Waals surface area contributed by atoms with Gasteiger partial charge in [-0.1, -0.05) is 15.9 Å². The van der Waals surface area contributed by atoms with Crippen molar-refractivity contribution in [3.8, 4) is 11.5 Å². The number of halogens is 1. The highest BCUT2D eigenvalue weighted by Crippen LogP contribution is 2.29. The molecule has 0 aliphatic heterocycles. The summed E-state index contributed by atoms with van der Waals surface area (Å²) in [5, 5.41) is 21.7. The molecule has 0 bridgehead atoms. The van der Waals surface area contributed by atoms with E-state index in [2.05, 4.69) is 21.2 Å². The fraction of sp³-hybridized carbons (Fsp3) is 0.0714. The van der Waals surface area contributed by atoms with E-state index in [0.717, 1.165) is 10.0 Å². The van der Waals surface area contributed by atoms with E-state index in [9.17, 15) is 15.0 Å². The van der Waals surface area contributed by atoms with Gasteiger partial charge >= 0.3 is 0 Å². The SMILES string of the molecule is Cc1cc(Br)cc(N)c1NC(=O)c1cc(O)ccc1O. The third kappa shape index (κ3) is 2.85. The number of phenolic OH excluding ortho intramolecular Hbond substituents is 2. The zero-order valence-electron chi connectivity index (χ0n) is 10.6. The van der Waals surface area contributed by atoms with Gasteiger partial charge in [-0.15, -0.1) is 0 Å².